The Morgan fingerprint density at radius 2 is 2.04 bits per heavy atom. The van der Waals surface area contributed by atoms with E-state index in [4.69, 9.17) is 11.6 Å². The second-order valence-corrected chi connectivity index (χ2v) is 6.76. The Bertz CT molecular complexity index is 857. The van der Waals surface area contributed by atoms with Gasteiger partial charge in [0.25, 0.3) is 5.91 Å². The number of nitrogens with zero attached hydrogens (tertiary/aromatic N) is 3. The van der Waals surface area contributed by atoms with Crippen LogP contribution in [0.5, 0.6) is 0 Å². The molecule has 0 bridgehead atoms. The monoisotopic (exact) mass is 360 g/mol. The molecule has 0 radical (unpaired) electrons. The minimum atomic E-state index is -0.232. The van der Waals surface area contributed by atoms with Crippen LogP contribution in [0.25, 0.3) is 0 Å². The Kier molecular flexibility index (Phi) is 4.97. The fourth-order valence-electron chi connectivity index (χ4n) is 2.40. The highest BCUT2D eigenvalue weighted by Crippen LogP contribution is 2.21. The predicted molar refractivity (Wildman–Crippen MR) is 95.5 cm³/mol. The summed E-state index contributed by atoms with van der Waals surface area (Å²) < 4.78 is 1.65. The van der Waals surface area contributed by atoms with Crippen LogP contribution in [0.15, 0.2) is 35.7 Å². The molecule has 7 heteroatoms. The minimum Gasteiger partial charge on any atom is -0.345 e. The van der Waals surface area contributed by atoms with E-state index in [9.17, 15) is 4.79 Å². The van der Waals surface area contributed by atoms with Crippen LogP contribution in [0.2, 0.25) is 5.15 Å². The largest absolute Gasteiger partial charge is 0.345 e. The van der Waals surface area contributed by atoms with Crippen molar-refractivity contribution in [1.82, 2.24) is 20.1 Å². The number of amides is 1. The highest BCUT2D eigenvalue weighted by molar-refractivity contribution is 7.09. The lowest BCUT2D eigenvalue weighted by atomic mass is 10.2. The Morgan fingerprint density at radius 3 is 2.71 bits per heavy atom. The summed E-state index contributed by atoms with van der Waals surface area (Å²) in [6, 6.07) is 9.88. The fraction of sp³-hybridized carbons (Fsp3) is 0.235. The summed E-state index contributed by atoms with van der Waals surface area (Å²) in [6.07, 6.45) is 0. The standard InChI is InChI=1S/C17H17ClN4OS/c1-11-10-24-14(20-11)8-19-17(23)15-12(2)21-22(16(15)18)9-13-6-4-3-5-7-13/h3-7,10H,8-9H2,1-2H3,(H,19,23). The van der Waals surface area contributed by atoms with Crippen molar-refractivity contribution in [2.24, 2.45) is 0 Å². The van der Waals surface area contributed by atoms with Crippen LogP contribution < -0.4 is 5.32 Å². The van der Waals surface area contributed by atoms with E-state index in [-0.39, 0.29) is 5.91 Å². The number of carbonyl (C=O) groups is 1. The first kappa shape index (κ1) is 16.7. The number of rotatable bonds is 5. The number of hydrogen-bond acceptors (Lipinski definition) is 4. The van der Waals surface area contributed by atoms with Gasteiger partial charge in [0, 0.05) is 11.1 Å². The summed E-state index contributed by atoms with van der Waals surface area (Å²) in [5.74, 6) is -0.232. The van der Waals surface area contributed by atoms with Crippen LogP contribution >= 0.6 is 22.9 Å². The third kappa shape index (κ3) is 3.66. The van der Waals surface area contributed by atoms with Crippen LogP contribution in [0.1, 0.15) is 32.3 Å². The summed E-state index contributed by atoms with van der Waals surface area (Å²) in [7, 11) is 0. The molecule has 3 aromatic rings. The van der Waals surface area contributed by atoms with Gasteiger partial charge in [-0.3, -0.25) is 4.79 Å². The maximum atomic E-state index is 12.5. The lowest BCUT2D eigenvalue weighted by molar-refractivity contribution is 0.0950. The quantitative estimate of drug-likeness (QED) is 0.756. The van der Waals surface area contributed by atoms with E-state index in [0.29, 0.717) is 29.5 Å². The number of thiazole rings is 1. The van der Waals surface area contributed by atoms with Gasteiger partial charge in [-0.15, -0.1) is 11.3 Å². The van der Waals surface area contributed by atoms with Crippen molar-refractivity contribution in [2.75, 3.05) is 0 Å². The van der Waals surface area contributed by atoms with Gasteiger partial charge in [-0.1, -0.05) is 41.9 Å². The van der Waals surface area contributed by atoms with E-state index in [1.807, 2.05) is 42.6 Å². The van der Waals surface area contributed by atoms with Crippen LogP contribution in [-0.2, 0) is 13.1 Å². The summed E-state index contributed by atoms with van der Waals surface area (Å²) in [5, 5.41) is 10.4. The van der Waals surface area contributed by atoms with Gasteiger partial charge in [0.2, 0.25) is 0 Å². The van der Waals surface area contributed by atoms with Gasteiger partial charge in [-0.2, -0.15) is 5.10 Å². The van der Waals surface area contributed by atoms with E-state index in [2.05, 4.69) is 15.4 Å². The lowest BCUT2D eigenvalue weighted by Crippen LogP contribution is -2.23. The highest BCUT2D eigenvalue weighted by Gasteiger charge is 2.20. The molecular weight excluding hydrogens is 344 g/mol. The van der Waals surface area contributed by atoms with Crippen LogP contribution in [0, 0.1) is 13.8 Å². The molecule has 3 rings (SSSR count). The number of aromatic nitrogens is 3. The van der Waals surface area contributed by atoms with Gasteiger partial charge >= 0.3 is 0 Å². The minimum absolute atomic E-state index is 0.232. The topological polar surface area (TPSA) is 59.8 Å². The number of benzene rings is 1. The fourth-order valence-corrected chi connectivity index (χ4v) is 3.43. The maximum absolute atomic E-state index is 12.5. The van der Waals surface area contributed by atoms with Crippen molar-refractivity contribution in [3.05, 3.63) is 68.4 Å². The first-order valence-electron chi connectivity index (χ1n) is 7.50. The zero-order valence-electron chi connectivity index (χ0n) is 13.4. The van der Waals surface area contributed by atoms with Gasteiger partial charge in [-0.05, 0) is 19.4 Å². The lowest BCUT2D eigenvalue weighted by Gasteiger charge is -2.05. The summed E-state index contributed by atoms with van der Waals surface area (Å²) in [6.45, 7) is 4.63. The molecule has 0 aliphatic rings. The SMILES string of the molecule is Cc1csc(CNC(=O)c2c(C)nn(Cc3ccccc3)c2Cl)n1. The molecular formula is C17H17ClN4OS. The smallest absolute Gasteiger partial charge is 0.256 e. The van der Waals surface area contributed by atoms with Gasteiger partial charge in [0.15, 0.2) is 0 Å². The average molecular weight is 361 g/mol. The summed E-state index contributed by atoms with van der Waals surface area (Å²) >= 11 is 7.91. The zero-order valence-corrected chi connectivity index (χ0v) is 15.0. The van der Waals surface area contributed by atoms with Crippen LogP contribution in [0.3, 0.4) is 0 Å². The number of hydrogen-bond donors (Lipinski definition) is 1. The molecule has 1 N–H and O–H groups in total. The second-order valence-electron chi connectivity index (χ2n) is 5.46. The van der Waals surface area contributed by atoms with Gasteiger partial charge in [0.05, 0.1) is 24.3 Å². The molecule has 0 saturated heterocycles. The van der Waals surface area contributed by atoms with Gasteiger partial charge in [0.1, 0.15) is 10.2 Å². The first-order valence-corrected chi connectivity index (χ1v) is 8.76. The third-order valence-electron chi connectivity index (χ3n) is 3.53. The highest BCUT2D eigenvalue weighted by atomic mass is 35.5. The van der Waals surface area contributed by atoms with Crippen molar-refractivity contribution in [3.63, 3.8) is 0 Å². The molecule has 0 saturated carbocycles. The van der Waals surface area contributed by atoms with Gasteiger partial charge < -0.3 is 5.32 Å². The molecule has 0 spiro atoms. The molecule has 124 valence electrons. The van der Waals surface area contributed by atoms with Crippen molar-refractivity contribution >= 4 is 28.8 Å². The van der Waals surface area contributed by atoms with Crippen molar-refractivity contribution in [1.29, 1.82) is 0 Å². The molecule has 0 aliphatic heterocycles. The molecule has 1 amide bonds. The molecule has 0 unspecified atom stereocenters. The van der Waals surface area contributed by atoms with E-state index in [1.54, 1.807) is 11.6 Å². The van der Waals surface area contributed by atoms with Gasteiger partial charge in [-0.25, -0.2) is 9.67 Å². The van der Waals surface area contributed by atoms with Crippen LogP contribution in [-0.4, -0.2) is 20.7 Å². The number of nitrogens with one attached hydrogen (secondary N) is 1. The Morgan fingerprint density at radius 1 is 1.29 bits per heavy atom. The van der Waals surface area contributed by atoms with E-state index >= 15 is 0 Å². The molecule has 2 heterocycles. The predicted octanol–water partition coefficient (Wildman–Crippen LogP) is 3.59. The third-order valence-corrected chi connectivity index (χ3v) is 4.89. The number of carbonyl (C=O) groups excluding carboxylic acids is 1. The molecule has 0 fully saturated rings. The molecule has 0 atom stereocenters. The molecule has 24 heavy (non-hydrogen) atoms. The normalized spacial score (nSPS) is 10.8. The molecule has 2 aromatic heterocycles. The van der Waals surface area contributed by atoms with E-state index < -0.39 is 0 Å². The van der Waals surface area contributed by atoms with Crippen molar-refractivity contribution < 1.29 is 4.79 Å². The molecule has 1 aromatic carbocycles. The first-order chi connectivity index (χ1) is 11.5. The molecule has 0 aliphatic carbocycles. The zero-order chi connectivity index (χ0) is 17.1. The van der Waals surface area contributed by atoms with E-state index in [0.717, 1.165) is 16.3 Å². The van der Waals surface area contributed by atoms with Crippen molar-refractivity contribution in [3.8, 4) is 0 Å². The van der Waals surface area contributed by atoms with Crippen LogP contribution in [0.4, 0.5) is 0 Å². The molecule has 5 nitrogen and oxygen atoms in total. The number of halogens is 1. The maximum Gasteiger partial charge on any atom is 0.256 e. The average Bonchev–Trinajstić information content (AvgIpc) is 3.10. The Hall–Kier alpha value is -2.18. The summed E-state index contributed by atoms with van der Waals surface area (Å²) in [4.78, 5) is 16.8. The number of aryl methyl sites for hydroxylation is 2. The van der Waals surface area contributed by atoms with Crippen molar-refractivity contribution in [2.45, 2.75) is 26.9 Å². The second kappa shape index (κ2) is 7.15. The Balaban J connectivity index is 1.74. The summed E-state index contributed by atoms with van der Waals surface area (Å²) in [5.41, 5.74) is 3.06. The Labute approximate surface area is 149 Å². The van der Waals surface area contributed by atoms with E-state index in [1.165, 1.54) is 11.3 Å².